The van der Waals surface area contributed by atoms with Gasteiger partial charge < -0.3 is 14.2 Å². The summed E-state index contributed by atoms with van der Waals surface area (Å²) in [5.41, 5.74) is 0. The van der Waals surface area contributed by atoms with Crippen molar-refractivity contribution in [2.45, 2.75) is 335 Å². The molecule has 0 bridgehead atoms. The van der Waals surface area contributed by atoms with Crippen LogP contribution in [0.3, 0.4) is 0 Å². The lowest BCUT2D eigenvalue weighted by Crippen LogP contribution is -2.30. The fourth-order valence-electron chi connectivity index (χ4n) is 9.73. The highest BCUT2D eigenvalue weighted by Crippen LogP contribution is 2.17. The molecule has 83 heavy (non-hydrogen) atoms. The van der Waals surface area contributed by atoms with Crippen LogP contribution in [0.15, 0.2) is 122 Å². The second-order valence-electron chi connectivity index (χ2n) is 23.1. The van der Waals surface area contributed by atoms with E-state index in [4.69, 9.17) is 14.2 Å². The molecule has 0 aromatic heterocycles. The van der Waals surface area contributed by atoms with Crippen LogP contribution in [0.5, 0.6) is 0 Å². The molecule has 0 amide bonds. The summed E-state index contributed by atoms with van der Waals surface area (Å²) in [7, 11) is 0. The minimum atomic E-state index is -0.788. The highest BCUT2D eigenvalue weighted by molar-refractivity contribution is 5.71. The molecule has 474 valence electrons. The highest BCUT2D eigenvalue weighted by atomic mass is 16.6. The predicted molar refractivity (Wildman–Crippen MR) is 362 cm³/mol. The van der Waals surface area contributed by atoms with E-state index in [1.807, 2.05) is 0 Å². The number of hydrogen-bond acceptors (Lipinski definition) is 6. The number of carbonyl (C=O) groups is 3. The highest BCUT2D eigenvalue weighted by Gasteiger charge is 2.19. The Kier molecular flexibility index (Phi) is 66.7. The summed E-state index contributed by atoms with van der Waals surface area (Å²) < 4.78 is 16.9. The van der Waals surface area contributed by atoms with E-state index < -0.39 is 6.10 Å². The lowest BCUT2D eigenvalue weighted by molar-refractivity contribution is -0.167. The van der Waals surface area contributed by atoms with E-state index in [9.17, 15) is 14.4 Å². The molecule has 1 atom stereocenters. The minimum absolute atomic E-state index is 0.0824. The van der Waals surface area contributed by atoms with Gasteiger partial charge in [-0.05, 0) is 116 Å². The Labute approximate surface area is 513 Å². The molecule has 6 heteroatoms. The summed E-state index contributed by atoms with van der Waals surface area (Å²) >= 11 is 0. The first-order valence-electron chi connectivity index (χ1n) is 35.0. The van der Waals surface area contributed by atoms with Crippen molar-refractivity contribution < 1.29 is 28.6 Å². The molecule has 0 spiro atoms. The van der Waals surface area contributed by atoms with Gasteiger partial charge in [0.05, 0.1) is 0 Å². The van der Waals surface area contributed by atoms with Crippen LogP contribution in [0, 0.1) is 0 Å². The van der Waals surface area contributed by atoms with Gasteiger partial charge in [0, 0.05) is 19.3 Å². The van der Waals surface area contributed by atoms with Crippen molar-refractivity contribution in [3.05, 3.63) is 122 Å². The van der Waals surface area contributed by atoms with Crippen molar-refractivity contribution in [2.75, 3.05) is 13.2 Å². The van der Waals surface area contributed by atoms with Crippen LogP contribution in [-0.2, 0) is 28.6 Å². The van der Waals surface area contributed by atoms with Gasteiger partial charge in [-0.3, -0.25) is 14.4 Å². The van der Waals surface area contributed by atoms with Crippen LogP contribution in [0.1, 0.15) is 329 Å². The van der Waals surface area contributed by atoms with E-state index in [2.05, 4.69) is 142 Å². The van der Waals surface area contributed by atoms with Crippen LogP contribution in [-0.4, -0.2) is 37.2 Å². The van der Waals surface area contributed by atoms with E-state index in [-0.39, 0.29) is 31.1 Å². The van der Waals surface area contributed by atoms with Crippen molar-refractivity contribution >= 4 is 17.9 Å². The third-order valence-electron chi connectivity index (χ3n) is 15.0. The van der Waals surface area contributed by atoms with Crippen molar-refractivity contribution in [3.63, 3.8) is 0 Å². The average molecular weight is 1150 g/mol. The maximum atomic E-state index is 12.9. The van der Waals surface area contributed by atoms with E-state index in [0.29, 0.717) is 19.3 Å². The zero-order valence-electron chi connectivity index (χ0n) is 54.4. The first-order valence-corrected chi connectivity index (χ1v) is 35.0. The molecule has 0 rings (SSSR count). The summed E-state index contributed by atoms with van der Waals surface area (Å²) in [5.74, 6) is -0.889. The summed E-state index contributed by atoms with van der Waals surface area (Å²) in [6.07, 6.45) is 97.9. The van der Waals surface area contributed by atoms with E-state index in [1.165, 1.54) is 154 Å². The van der Waals surface area contributed by atoms with Crippen molar-refractivity contribution in [1.82, 2.24) is 0 Å². The number of carbonyl (C=O) groups excluding carboxylic acids is 3. The fraction of sp³-hybridized carbons (Fsp3) is 0.701. The Bertz CT molecular complexity index is 1700. The van der Waals surface area contributed by atoms with Gasteiger partial charge in [0.25, 0.3) is 0 Å². The molecule has 0 N–H and O–H groups in total. The maximum absolute atomic E-state index is 12.9. The molecule has 0 aromatic carbocycles. The van der Waals surface area contributed by atoms with Gasteiger partial charge in [-0.2, -0.15) is 0 Å². The number of ether oxygens (including phenoxy) is 3. The van der Waals surface area contributed by atoms with Gasteiger partial charge in [0.1, 0.15) is 13.2 Å². The van der Waals surface area contributed by atoms with Crippen molar-refractivity contribution in [3.8, 4) is 0 Å². The number of unbranched alkanes of at least 4 members (excludes halogenated alkanes) is 32. The second-order valence-corrected chi connectivity index (χ2v) is 23.1. The second kappa shape index (κ2) is 70.3. The summed E-state index contributed by atoms with van der Waals surface area (Å²) in [4.78, 5) is 38.4. The van der Waals surface area contributed by atoms with Crippen LogP contribution in [0.25, 0.3) is 0 Å². The lowest BCUT2D eigenvalue weighted by Gasteiger charge is -2.18. The fourth-order valence-corrected chi connectivity index (χ4v) is 9.73. The zero-order valence-corrected chi connectivity index (χ0v) is 54.4. The molecule has 0 aliphatic carbocycles. The predicted octanol–water partition coefficient (Wildman–Crippen LogP) is 24.3. The van der Waals surface area contributed by atoms with Gasteiger partial charge >= 0.3 is 17.9 Å². The monoisotopic (exact) mass is 1150 g/mol. The van der Waals surface area contributed by atoms with E-state index in [1.54, 1.807) is 0 Å². The largest absolute Gasteiger partial charge is 0.462 e. The molecule has 0 saturated heterocycles. The minimum Gasteiger partial charge on any atom is -0.462 e. The molecule has 1 unspecified atom stereocenters. The molecule has 0 aliphatic rings. The molecule has 6 nitrogen and oxygen atoms in total. The number of rotatable bonds is 63. The van der Waals surface area contributed by atoms with Gasteiger partial charge in [0.2, 0.25) is 0 Å². The summed E-state index contributed by atoms with van der Waals surface area (Å²) in [5, 5.41) is 0. The summed E-state index contributed by atoms with van der Waals surface area (Å²) in [6.45, 7) is 6.51. The van der Waals surface area contributed by atoms with Crippen molar-refractivity contribution in [1.29, 1.82) is 0 Å². The van der Waals surface area contributed by atoms with E-state index >= 15 is 0 Å². The Morgan fingerprint density at radius 1 is 0.253 bits per heavy atom. The smallest absolute Gasteiger partial charge is 0.306 e. The molecule has 0 heterocycles. The Morgan fingerprint density at radius 2 is 0.470 bits per heavy atom. The number of esters is 3. The standard InChI is InChI=1S/C77H130O6/c1-4-7-10-13-16-19-22-25-28-29-30-31-32-33-34-35-36-37-38-39-40-41-42-43-44-45-46-47-50-52-55-58-61-64-67-70-76(79)82-73-74(83-77(80)71-68-65-62-59-56-53-49-27-24-21-18-15-12-9-6-3)72-81-75(78)69-66-63-60-57-54-51-48-26-23-20-17-14-11-8-5-2/h7,10,16,18-19,21,25,27-28,30-31,33-34,36-37,39-40,42-43,49,74H,4-6,8-9,11-15,17,20,22-24,26,29,32,35,38,41,44-48,50-73H2,1-3H3/b10-7-,19-16-,21-18-,28-25-,31-30-,34-33-,37-36-,40-39-,43-42-,49-27-. The molecule has 0 radical (unpaired) electrons. The third-order valence-corrected chi connectivity index (χ3v) is 15.0. The molecular weight excluding hydrogens is 1020 g/mol. The first-order chi connectivity index (χ1) is 41.0. The average Bonchev–Trinajstić information content (AvgIpc) is 3.49. The zero-order chi connectivity index (χ0) is 59.9. The van der Waals surface area contributed by atoms with Crippen LogP contribution in [0.2, 0.25) is 0 Å². The Hall–Kier alpha value is -4.19. The molecule has 0 aromatic rings. The third kappa shape index (κ3) is 68.5. The van der Waals surface area contributed by atoms with Gasteiger partial charge in [-0.15, -0.1) is 0 Å². The molecular formula is C77H130O6. The van der Waals surface area contributed by atoms with E-state index in [0.717, 1.165) is 135 Å². The van der Waals surface area contributed by atoms with Crippen molar-refractivity contribution in [2.24, 2.45) is 0 Å². The van der Waals surface area contributed by atoms with Gasteiger partial charge in [0.15, 0.2) is 6.10 Å². The lowest BCUT2D eigenvalue weighted by atomic mass is 10.0. The molecule has 0 saturated carbocycles. The SMILES string of the molecule is CC/C=C\C/C=C\C/C=C\C/C=C\C/C=C\C/C=C\C/C=C\C/C=C\CCCCCCCCCCCCC(=O)OCC(COC(=O)CCCCCCCCCCCCCCCCC)OC(=O)CCCCCCC/C=C\C/C=C\CCCCC. The molecule has 0 aliphatic heterocycles. The van der Waals surface area contributed by atoms with Gasteiger partial charge in [-0.1, -0.05) is 316 Å². The maximum Gasteiger partial charge on any atom is 0.306 e. The number of hydrogen-bond donors (Lipinski definition) is 0. The molecule has 0 fully saturated rings. The quantitative estimate of drug-likeness (QED) is 0.0261. The first kappa shape index (κ1) is 78.8. The topological polar surface area (TPSA) is 78.9 Å². The summed E-state index contributed by atoms with van der Waals surface area (Å²) in [6, 6.07) is 0. The number of allylic oxidation sites excluding steroid dienone is 20. The van der Waals surface area contributed by atoms with Crippen LogP contribution < -0.4 is 0 Å². The van der Waals surface area contributed by atoms with Crippen LogP contribution >= 0.6 is 0 Å². The Balaban J connectivity index is 4.24. The Morgan fingerprint density at radius 3 is 0.759 bits per heavy atom. The van der Waals surface area contributed by atoms with Gasteiger partial charge in [-0.25, -0.2) is 0 Å². The normalized spacial score (nSPS) is 12.9. The van der Waals surface area contributed by atoms with Crippen LogP contribution in [0.4, 0.5) is 0 Å².